The first-order chi connectivity index (χ1) is 9.22. The SMILES string of the molecule is CCCCCOCCOc1ccc(CC(=O)O)cc1. The van der Waals surface area contributed by atoms with Gasteiger partial charge < -0.3 is 14.6 Å². The molecule has 0 spiro atoms. The van der Waals surface area contributed by atoms with Gasteiger partial charge in [-0.3, -0.25) is 4.79 Å². The highest BCUT2D eigenvalue weighted by Gasteiger charge is 2.00. The van der Waals surface area contributed by atoms with Crippen LogP contribution in [0, 0.1) is 0 Å². The van der Waals surface area contributed by atoms with Crippen molar-refractivity contribution in [2.75, 3.05) is 19.8 Å². The minimum Gasteiger partial charge on any atom is -0.491 e. The van der Waals surface area contributed by atoms with Crippen LogP contribution in [0.25, 0.3) is 0 Å². The predicted molar refractivity (Wildman–Crippen MR) is 73.6 cm³/mol. The summed E-state index contributed by atoms with van der Waals surface area (Å²) in [4.78, 5) is 10.5. The average molecular weight is 266 g/mol. The summed E-state index contributed by atoms with van der Waals surface area (Å²) in [6, 6.07) is 7.11. The van der Waals surface area contributed by atoms with Gasteiger partial charge in [0, 0.05) is 6.61 Å². The van der Waals surface area contributed by atoms with Crippen LogP contribution in [-0.4, -0.2) is 30.9 Å². The first-order valence-corrected chi connectivity index (χ1v) is 6.73. The van der Waals surface area contributed by atoms with Crippen molar-refractivity contribution in [2.45, 2.75) is 32.6 Å². The number of carboxylic acids is 1. The molecule has 0 aliphatic carbocycles. The lowest BCUT2D eigenvalue weighted by molar-refractivity contribution is -0.136. The van der Waals surface area contributed by atoms with Gasteiger partial charge in [0.2, 0.25) is 0 Å². The third-order valence-electron chi connectivity index (χ3n) is 2.67. The maximum Gasteiger partial charge on any atom is 0.307 e. The van der Waals surface area contributed by atoms with Crippen molar-refractivity contribution in [3.05, 3.63) is 29.8 Å². The van der Waals surface area contributed by atoms with E-state index in [2.05, 4.69) is 6.92 Å². The third-order valence-corrected chi connectivity index (χ3v) is 2.67. The zero-order valence-corrected chi connectivity index (χ0v) is 11.4. The van der Waals surface area contributed by atoms with Gasteiger partial charge >= 0.3 is 5.97 Å². The smallest absolute Gasteiger partial charge is 0.307 e. The molecule has 0 unspecified atom stereocenters. The predicted octanol–water partition coefficient (Wildman–Crippen LogP) is 2.90. The van der Waals surface area contributed by atoms with Gasteiger partial charge in [-0.05, 0) is 24.1 Å². The van der Waals surface area contributed by atoms with Crippen LogP contribution in [0.4, 0.5) is 0 Å². The van der Waals surface area contributed by atoms with Gasteiger partial charge in [0.05, 0.1) is 13.0 Å². The van der Waals surface area contributed by atoms with Crippen LogP contribution in [-0.2, 0) is 16.0 Å². The molecular formula is C15H22O4. The number of ether oxygens (including phenoxy) is 2. The van der Waals surface area contributed by atoms with E-state index >= 15 is 0 Å². The van der Waals surface area contributed by atoms with E-state index in [9.17, 15) is 4.79 Å². The van der Waals surface area contributed by atoms with Crippen LogP contribution in [0.2, 0.25) is 0 Å². The molecule has 0 saturated heterocycles. The Morgan fingerprint density at radius 2 is 1.84 bits per heavy atom. The molecule has 19 heavy (non-hydrogen) atoms. The van der Waals surface area contributed by atoms with Gasteiger partial charge in [0.15, 0.2) is 0 Å². The lowest BCUT2D eigenvalue weighted by atomic mass is 10.1. The Bertz CT molecular complexity index is 359. The lowest BCUT2D eigenvalue weighted by Crippen LogP contribution is -2.07. The van der Waals surface area contributed by atoms with E-state index in [1.165, 1.54) is 12.8 Å². The number of carbonyl (C=O) groups is 1. The van der Waals surface area contributed by atoms with Crippen LogP contribution in [0.15, 0.2) is 24.3 Å². The van der Waals surface area contributed by atoms with Crippen LogP contribution in [0.1, 0.15) is 31.7 Å². The second-order valence-corrected chi connectivity index (χ2v) is 4.38. The highest BCUT2D eigenvalue weighted by molar-refractivity contribution is 5.70. The van der Waals surface area contributed by atoms with Gasteiger partial charge in [0.25, 0.3) is 0 Å². The van der Waals surface area contributed by atoms with Crippen molar-refractivity contribution in [1.82, 2.24) is 0 Å². The zero-order chi connectivity index (χ0) is 13.9. The molecule has 4 nitrogen and oxygen atoms in total. The Labute approximate surface area is 114 Å². The lowest BCUT2D eigenvalue weighted by Gasteiger charge is -2.07. The van der Waals surface area contributed by atoms with Crippen molar-refractivity contribution in [3.8, 4) is 5.75 Å². The normalized spacial score (nSPS) is 10.4. The Balaban J connectivity index is 2.14. The average Bonchev–Trinajstić information content (AvgIpc) is 2.39. The molecule has 106 valence electrons. The number of aliphatic carboxylic acids is 1. The molecule has 1 aromatic carbocycles. The second-order valence-electron chi connectivity index (χ2n) is 4.38. The van der Waals surface area contributed by atoms with E-state index in [1.807, 2.05) is 0 Å². The molecule has 0 aromatic heterocycles. The van der Waals surface area contributed by atoms with Crippen LogP contribution >= 0.6 is 0 Å². The fourth-order valence-electron chi connectivity index (χ4n) is 1.65. The zero-order valence-electron chi connectivity index (χ0n) is 11.4. The summed E-state index contributed by atoms with van der Waals surface area (Å²) in [6.45, 7) is 4.05. The standard InChI is InChI=1S/C15H22O4/c1-2-3-4-9-18-10-11-19-14-7-5-13(6-8-14)12-15(16)17/h5-8H,2-4,9-12H2,1H3,(H,16,17). The van der Waals surface area contributed by atoms with Gasteiger partial charge in [-0.25, -0.2) is 0 Å². The number of carboxylic acid groups (broad SMARTS) is 1. The summed E-state index contributed by atoms with van der Waals surface area (Å²) in [5.74, 6) is -0.0829. The van der Waals surface area contributed by atoms with Gasteiger partial charge in [0.1, 0.15) is 12.4 Å². The molecule has 0 aliphatic rings. The van der Waals surface area contributed by atoms with E-state index in [0.717, 1.165) is 24.3 Å². The van der Waals surface area contributed by atoms with E-state index in [4.69, 9.17) is 14.6 Å². The summed E-state index contributed by atoms with van der Waals surface area (Å²) in [7, 11) is 0. The number of rotatable bonds is 10. The van der Waals surface area contributed by atoms with E-state index < -0.39 is 5.97 Å². The molecule has 1 rings (SSSR count). The molecule has 4 heteroatoms. The molecule has 0 bridgehead atoms. The Kier molecular flexibility index (Phi) is 7.66. The van der Waals surface area contributed by atoms with Gasteiger partial charge in [-0.2, -0.15) is 0 Å². The monoisotopic (exact) mass is 266 g/mol. The summed E-state index contributed by atoms with van der Waals surface area (Å²) < 4.78 is 10.9. The Hall–Kier alpha value is -1.55. The first kappa shape index (κ1) is 15.5. The molecule has 0 radical (unpaired) electrons. The highest BCUT2D eigenvalue weighted by atomic mass is 16.5. The molecule has 0 heterocycles. The van der Waals surface area contributed by atoms with E-state index in [1.54, 1.807) is 24.3 Å². The van der Waals surface area contributed by atoms with Crippen molar-refractivity contribution < 1.29 is 19.4 Å². The highest BCUT2D eigenvalue weighted by Crippen LogP contribution is 2.12. The molecule has 0 aliphatic heterocycles. The number of hydrogen-bond donors (Lipinski definition) is 1. The maximum atomic E-state index is 10.5. The number of hydrogen-bond acceptors (Lipinski definition) is 3. The van der Waals surface area contributed by atoms with Crippen molar-refractivity contribution in [3.63, 3.8) is 0 Å². The molecule has 0 saturated carbocycles. The van der Waals surface area contributed by atoms with Crippen LogP contribution in [0.5, 0.6) is 5.75 Å². The maximum absolute atomic E-state index is 10.5. The van der Waals surface area contributed by atoms with Crippen molar-refractivity contribution >= 4 is 5.97 Å². The summed E-state index contributed by atoms with van der Waals surface area (Å²) >= 11 is 0. The molecule has 1 aromatic rings. The Morgan fingerprint density at radius 1 is 1.11 bits per heavy atom. The second kappa shape index (κ2) is 9.39. The molecule has 1 N–H and O–H groups in total. The summed E-state index contributed by atoms with van der Waals surface area (Å²) in [6.07, 6.45) is 3.54. The van der Waals surface area contributed by atoms with Gasteiger partial charge in [-0.1, -0.05) is 31.9 Å². The van der Waals surface area contributed by atoms with E-state index in [0.29, 0.717) is 13.2 Å². The topological polar surface area (TPSA) is 55.8 Å². The molecular weight excluding hydrogens is 244 g/mol. The van der Waals surface area contributed by atoms with Crippen LogP contribution in [0.3, 0.4) is 0 Å². The quantitative estimate of drug-likeness (QED) is 0.662. The molecule has 0 amide bonds. The summed E-state index contributed by atoms with van der Waals surface area (Å²) in [5.41, 5.74) is 0.774. The number of unbranched alkanes of at least 4 members (excludes halogenated alkanes) is 2. The fourth-order valence-corrected chi connectivity index (χ4v) is 1.65. The minimum atomic E-state index is -0.825. The molecule has 0 atom stereocenters. The summed E-state index contributed by atoms with van der Waals surface area (Å²) in [5, 5.41) is 8.65. The van der Waals surface area contributed by atoms with Crippen LogP contribution < -0.4 is 4.74 Å². The van der Waals surface area contributed by atoms with Gasteiger partial charge in [-0.15, -0.1) is 0 Å². The fraction of sp³-hybridized carbons (Fsp3) is 0.533. The minimum absolute atomic E-state index is 0.0425. The first-order valence-electron chi connectivity index (χ1n) is 6.73. The number of benzene rings is 1. The van der Waals surface area contributed by atoms with E-state index in [-0.39, 0.29) is 6.42 Å². The van der Waals surface area contributed by atoms with Crippen molar-refractivity contribution in [2.24, 2.45) is 0 Å². The third kappa shape index (κ3) is 7.47. The largest absolute Gasteiger partial charge is 0.491 e. The van der Waals surface area contributed by atoms with Crippen molar-refractivity contribution in [1.29, 1.82) is 0 Å². The Morgan fingerprint density at radius 3 is 2.47 bits per heavy atom. The molecule has 0 fully saturated rings.